The largest absolute Gasteiger partial charge is 0.274 e. The number of hydrogen-bond acceptors (Lipinski definition) is 3. The molecular weight excluding hydrogens is 416 g/mol. The fourth-order valence-electron chi connectivity index (χ4n) is 4.57. The molecule has 4 rings (SSSR count). The average Bonchev–Trinajstić information content (AvgIpc) is 3.23. The number of nitrogens with zero attached hydrogens (tertiary/aromatic N) is 4. The quantitative estimate of drug-likeness (QED) is 0.301. The van der Waals surface area contributed by atoms with E-state index in [-0.39, 0.29) is 0 Å². The van der Waals surface area contributed by atoms with Crippen molar-refractivity contribution in [2.45, 2.75) is 47.5 Å². The van der Waals surface area contributed by atoms with Gasteiger partial charge in [0, 0.05) is 11.1 Å². The van der Waals surface area contributed by atoms with Gasteiger partial charge >= 0.3 is 0 Å². The van der Waals surface area contributed by atoms with Crippen LogP contribution in [0.1, 0.15) is 49.9 Å². The lowest BCUT2D eigenvalue weighted by molar-refractivity contribution is 0.631. The van der Waals surface area contributed by atoms with Crippen LogP contribution in [0.25, 0.3) is 28.5 Å². The number of benzene rings is 3. The molecule has 4 heteroatoms. The molecule has 0 aliphatic rings. The van der Waals surface area contributed by atoms with Crippen molar-refractivity contribution in [2.24, 2.45) is 11.8 Å². The highest BCUT2D eigenvalue weighted by molar-refractivity contribution is 5.71. The number of rotatable bonds is 7. The molecule has 0 atom stereocenters. The first-order valence-corrected chi connectivity index (χ1v) is 12.0. The van der Waals surface area contributed by atoms with E-state index in [1.807, 2.05) is 30.3 Å². The maximum absolute atomic E-state index is 9.80. The SMILES string of the molecule is Cc1ccccc1-c1nnc(-c2ccccc2)n1-c1c(CC(C)C)cc(C#N)cc1CC(C)C. The summed E-state index contributed by atoms with van der Waals surface area (Å²) in [6, 6.07) is 25.0. The summed E-state index contributed by atoms with van der Waals surface area (Å²) in [6.07, 6.45) is 1.74. The summed E-state index contributed by atoms with van der Waals surface area (Å²) in [6.45, 7) is 11.0. The topological polar surface area (TPSA) is 54.5 Å². The molecule has 1 heterocycles. The summed E-state index contributed by atoms with van der Waals surface area (Å²) in [5.41, 5.74) is 7.39. The van der Waals surface area contributed by atoms with Crippen LogP contribution in [0, 0.1) is 30.1 Å². The van der Waals surface area contributed by atoms with Crippen LogP contribution in [0.3, 0.4) is 0 Å². The molecule has 34 heavy (non-hydrogen) atoms. The fourth-order valence-corrected chi connectivity index (χ4v) is 4.57. The summed E-state index contributed by atoms with van der Waals surface area (Å²) in [4.78, 5) is 0. The van der Waals surface area contributed by atoms with Gasteiger partial charge in [-0.3, -0.25) is 4.57 Å². The minimum Gasteiger partial charge on any atom is -0.274 e. The van der Waals surface area contributed by atoms with Crippen molar-refractivity contribution in [2.75, 3.05) is 0 Å². The second-order valence-corrected chi connectivity index (χ2v) is 9.81. The Bertz CT molecular complexity index is 1290. The third-order valence-corrected chi connectivity index (χ3v) is 5.96. The molecule has 0 aliphatic heterocycles. The van der Waals surface area contributed by atoms with Crippen molar-refractivity contribution in [1.82, 2.24) is 14.8 Å². The molecule has 3 aromatic carbocycles. The number of aryl methyl sites for hydroxylation is 1. The van der Waals surface area contributed by atoms with Crippen LogP contribution in [0.5, 0.6) is 0 Å². The lowest BCUT2D eigenvalue weighted by atomic mass is 9.91. The van der Waals surface area contributed by atoms with Crippen LogP contribution >= 0.6 is 0 Å². The summed E-state index contributed by atoms with van der Waals surface area (Å²) >= 11 is 0. The summed E-state index contributed by atoms with van der Waals surface area (Å²) in [7, 11) is 0. The minimum absolute atomic E-state index is 0.443. The smallest absolute Gasteiger partial charge is 0.169 e. The van der Waals surface area contributed by atoms with Gasteiger partial charge < -0.3 is 0 Å². The van der Waals surface area contributed by atoms with Crippen molar-refractivity contribution >= 4 is 0 Å². The van der Waals surface area contributed by atoms with Gasteiger partial charge in [0.05, 0.1) is 17.3 Å². The van der Waals surface area contributed by atoms with E-state index in [9.17, 15) is 5.26 Å². The first-order chi connectivity index (χ1) is 16.4. The summed E-state index contributed by atoms with van der Waals surface area (Å²) < 4.78 is 2.23. The Balaban J connectivity index is 2.11. The Hall–Kier alpha value is -3.71. The fraction of sp³-hybridized carbons (Fsp3) is 0.300. The van der Waals surface area contributed by atoms with Gasteiger partial charge in [-0.15, -0.1) is 10.2 Å². The molecule has 0 saturated heterocycles. The van der Waals surface area contributed by atoms with Crippen molar-refractivity contribution in [1.29, 1.82) is 5.26 Å². The zero-order valence-electron chi connectivity index (χ0n) is 20.7. The van der Waals surface area contributed by atoms with Gasteiger partial charge in [-0.05, 0) is 60.4 Å². The third-order valence-electron chi connectivity index (χ3n) is 5.96. The van der Waals surface area contributed by atoms with Crippen LogP contribution in [-0.4, -0.2) is 14.8 Å². The normalized spacial score (nSPS) is 11.2. The Morgan fingerprint density at radius 1 is 0.794 bits per heavy atom. The molecule has 0 N–H and O–H groups in total. The van der Waals surface area contributed by atoms with Crippen LogP contribution in [0.2, 0.25) is 0 Å². The summed E-state index contributed by atoms with van der Waals surface area (Å²) in [5.74, 6) is 2.53. The maximum atomic E-state index is 9.80. The monoisotopic (exact) mass is 448 g/mol. The first-order valence-electron chi connectivity index (χ1n) is 12.0. The molecule has 172 valence electrons. The van der Waals surface area contributed by atoms with Gasteiger partial charge in [-0.2, -0.15) is 5.26 Å². The van der Waals surface area contributed by atoms with E-state index in [1.165, 1.54) is 0 Å². The van der Waals surface area contributed by atoms with Gasteiger partial charge in [0.2, 0.25) is 0 Å². The van der Waals surface area contributed by atoms with Crippen LogP contribution in [0.15, 0.2) is 66.7 Å². The van der Waals surface area contributed by atoms with Crippen molar-refractivity contribution in [3.63, 3.8) is 0 Å². The molecule has 0 fully saturated rings. The molecule has 0 bridgehead atoms. The highest BCUT2D eigenvalue weighted by atomic mass is 15.3. The molecule has 0 unspecified atom stereocenters. The number of nitriles is 1. The lowest BCUT2D eigenvalue weighted by Crippen LogP contribution is -2.12. The highest BCUT2D eigenvalue weighted by Crippen LogP contribution is 2.35. The number of aromatic nitrogens is 3. The van der Waals surface area contributed by atoms with Crippen molar-refractivity contribution < 1.29 is 0 Å². The molecule has 4 nitrogen and oxygen atoms in total. The van der Waals surface area contributed by atoms with Gasteiger partial charge in [-0.1, -0.05) is 82.3 Å². The first kappa shape index (κ1) is 23.4. The molecule has 0 radical (unpaired) electrons. The second kappa shape index (κ2) is 10.1. The molecule has 4 aromatic rings. The minimum atomic E-state index is 0.443. The van der Waals surface area contributed by atoms with Crippen LogP contribution < -0.4 is 0 Å². The van der Waals surface area contributed by atoms with Crippen LogP contribution in [-0.2, 0) is 12.8 Å². The molecule has 0 spiro atoms. The summed E-state index contributed by atoms with van der Waals surface area (Å²) in [5, 5.41) is 19.2. The average molecular weight is 449 g/mol. The van der Waals surface area contributed by atoms with E-state index in [1.54, 1.807) is 0 Å². The van der Waals surface area contributed by atoms with Gasteiger partial charge in [-0.25, -0.2) is 0 Å². The Morgan fingerprint density at radius 3 is 1.91 bits per heavy atom. The van der Waals surface area contributed by atoms with Gasteiger partial charge in [0.15, 0.2) is 11.6 Å². The van der Waals surface area contributed by atoms with Crippen molar-refractivity contribution in [3.8, 4) is 34.5 Å². The lowest BCUT2D eigenvalue weighted by Gasteiger charge is -2.22. The molecular formula is C30H32N4. The van der Waals surface area contributed by atoms with E-state index in [0.717, 1.165) is 58.0 Å². The standard InChI is InChI=1S/C30H32N4/c1-20(2)15-25-17-23(19-31)18-26(16-21(3)4)28(25)34-29(24-12-7-6-8-13-24)32-33-30(34)27-14-10-9-11-22(27)5/h6-14,17-18,20-21H,15-16H2,1-5H3. The molecule has 0 aliphatic carbocycles. The van der Waals surface area contributed by atoms with E-state index in [0.29, 0.717) is 17.4 Å². The zero-order valence-corrected chi connectivity index (χ0v) is 20.7. The predicted octanol–water partition coefficient (Wildman–Crippen LogP) is 7.18. The zero-order chi connectivity index (χ0) is 24.2. The molecule has 1 aromatic heterocycles. The van der Waals surface area contributed by atoms with E-state index in [4.69, 9.17) is 10.2 Å². The van der Waals surface area contributed by atoms with Gasteiger partial charge in [0.25, 0.3) is 0 Å². The van der Waals surface area contributed by atoms with Crippen molar-refractivity contribution in [3.05, 3.63) is 89.0 Å². The Kier molecular flexibility index (Phi) is 6.93. The number of hydrogen-bond donors (Lipinski definition) is 0. The third kappa shape index (κ3) is 4.79. The Labute approximate surface area is 202 Å². The predicted molar refractivity (Wildman–Crippen MR) is 139 cm³/mol. The van der Waals surface area contributed by atoms with E-state index >= 15 is 0 Å². The second-order valence-electron chi connectivity index (χ2n) is 9.81. The highest BCUT2D eigenvalue weighted by Gasteiger charge is 2.24. The van der Waals surface area contributed by atoms with E-state index < -0.39 is 0 Å². The maximum Gasteiger partial charge on any atom is 0.169 e. The Morgan fingerprint density at radius 2 is 1.35 bits per heavy atom. The van der Waals surface area contributed by atoms with Gasteiger partial charge in [0.1, 0.15) is 0 Å². The van der Waals surface area contributed by atoms with Crippen LogP contribution in [0.4, 0.5) is 0 Å². The molecule has 0 saturated carbocycles. The molecule has 0 amide bonds. The van der Waals surface area contributed by atoms with E-state index in [2.05, 4.69) is 81.7 Å².